The molecule has 2 unspecified atom stereocenters. The van der Waals surface area contributed by atoms with E-state index in [1.165, 1.54) is 6.20 Å². The van der Waals surface area contributed by atoms with Gasteiger partial charge in [0.1, 0.15) is 0 Å². The van der Waals surface area contributed by atoms with Crippen LogP contribution >= 0.6 is 0 Å². The Bertz CT molecular complexity index is 378. The van der Waals surface area contributed by atoms with Gasteiger partial charge in [0.05, 0.1) is 5.69 Å². The van der Waals surface area contributed by atoms with Crippen LogP contribution in [-0.2, 0) is 0 Å². The van der Waals surface area contributed by atoms with Crippen LogP contribution in [0.5, 0.6) is 0 Å². The van der Waals surface area contributed by atoms with Crippen molar-refractivity contribution in [3.8, 4) is 0 Å². The van der Waals surface area contributed by atoms with Crippen molar-refractivity contribution in [1.29, 1.82) is 0 Å². The van der Waals surface area contributed by atoms with E-state index in [2.05, 4.69) is 23.8 Å². The summed E-state index contributed by atoms with van der Waals surface area (Å²) in [7, 11) is 0. The molecule has 3 nitrogen and oxygen atoms in total. The molecule has 0 spiro atoms. The van der Waals surface area contributed by atoms with E-state index in [0.717, 1.165) is 42.7 Å². The maximum atomic E-state index is 12.5. The summed E-state index contributed by atoms with van der Waals surface area (Å²) in [5.41, 5.74) is 0.809. The smallest absolute Gasteiger partial charge is 0.300 e. The summed E-state index contributed by atoms with van der Waals surface area (Å²) >= 11 is 0. The Morgan fingerprint density at radius 1 is 1.50 bits per heavy atom. The van der Waals surface area contributed by atoms with Gasteiger partial charge in [-0.3, -0.25) is 0 Å². The molecule has 1 aliphatic rings. The maximum absolute atomic E-state index is 12.5. The van der Waals surface area contributed by atoms with E-state index in [1.54, 1.807) is 6.07 Å². The fraction of sp³-hybridized carbons (Fsp3) is 0.769. The van der Waals surface area contributed by atoms with E-state index in [1.807, 2.05) is 0 Å². The number of aromatic nitrogens is 2. The quantitative estimate of drug-likeness (QED) is 0.825. The third-order valence-electron chi connectivity index (χ3n) is 3.91. The lowest BCUT2D eigenvalue weighted by Gasteiger charge is -2.35. The first kappa shape index (κ1) is 13.5. The Hall–Kier alpha value is -0.970. The highest BCUT2D eigenvalue weighted by Gasteiger charge is 2.25. The molecule has 0 N–H and O–H groups in total. The van der Waals surface area contributed by atoms with Crippen molar-refractivity contribution in [2.45, 2.75) is 51.6 Å². The molecule has 1 saturated heterocycles. The molecule has 102 valence electrons. The van der Waals surface area contributed by atoms with Crippen molar-refractivity contribution in [3.63, 3.8) is 0 Å². The van der Waals surface area contributed by atoms with E-state index in [-0.39, 0.29) is 0 Å². The minimum Gasteiger partial charge on any atom is -0.300 e. The van der Waals surface area contributed by atoms with Crippen molar-refractivity contribution < 1.29 is 8.78 Å². The molecule has 5 heteroatoms. The summed E-state index contributed by atoms with van der Waals surface area (Å²) in [6.45, 7) is 3.92. The van der Waals surface area contributed by atoms with E-state index in [0.29, 0.717) is 12.0 Å². The molecular weight excluding hydrogens is 236 g/mol. The highest BCUT2D eigenvalue weighted by Crippen LogP contribution is 2.27. The molecule has 0 saturated carbocycles. The Labute approximate surface area is 107 Å². The molecule has 0 bridgehead atoms. The Balaban J connectivity index is 2.03. The normalized spacial score (nSPS) is 23.5. The molecule has 1 fully saturated rings. The minimum absolute atomic E-state index is 0.299. The molecular formula is C13H21F2N3. The zero-order chi connectivity index (χ0) is 13.1. The lowest BCUT2D eigenvalue weighted by molar-refractivity contribution is 0.0555. The standard InChI is InChI=1S/C13H21F2N3/c1-3-10(2)17-7-4-5-11(9-17)12-6-8-18(16-12)13(14)15/h6,8,10-11,13H,3-5,7,9H2,1-2H3. The van der Waals surface area contributed by atoms with Crippen LogP contribution in [0.25, 0.3) is 0 Å². The largest absolute Gasteiger partial charge is 0.333 e. The number of nitrogens with zero attached hydrogens (tertiary/aromatic N) is 3. The van der Waals surface area contributed by atoms with E-state index >= 15 is 0 Å². The van der Waals surface area contributed by atoms with Crippen molar-refractivity contribution in [2.24, 2.45) is 0 Å². The van der Waals surface area contributed by atoms with Crippen LogP contribution in [-0.4, -0.2) is 33.8 Å². The molecule has 2 atom stereocenters. The van der Waals surface area contributed by atoms with Crippen LogP contribution in [0.15, 0.2) is 12.3 Å². The fourth-order valence-corrected chi connectivity index (χ4v) is 2.59. The molecule has 1 aromatic heterocycles. The number of likely N-dealkylation sites (tertiary alicyclic amines) is 1. The first-order valence-corrected chi connectivity index (χ1v) is 6.69. The summed E-state index contributed by atoms with van der Waals surface area (Å²) in [6.07, 6.45) is 4.67. The predicted molar refractivity (Wildman–Crippen MR) is 66.8 cm³/mol. The number of rotatable bonds is 4. The third-order valence-corrected chi connectivity index (χ3v) is 3.91. The molecule has 2 heterocycles. The van der Waals surface area contributed by atoms with Crippen LogP contribution in [0.1, 0.15) is 51.3 Å². The van der Waals surface area contributed by atoms with Gasteiger partial charge >= 0.3 is 6.55 Å². The van der Waals surface area contributed by atoms with E-state index < -0.39 is 6.55 Å². The van der Waals surface area contributed by atoms with Crippen molar-refractivity contribution in [1.82, 2.24) is 14.7 Å². The zero-order valence-corrected chi connectivity index (χ0v) is 11.0. The van der Waals surface area contributed by atoms with Crippen LogP contribution in [0, 0.1) is 0 Å². The molecule has 0 amide bonds. The lowest BCUT2D eigenvalue weighted by Crippen LogP contribution is -2.40. The van der Waals surface area contributed by atoms with Crippen molar-refractivity contribution >= 4 is 0 Å². The zero-order valence-electron chi connectivity index (χ0n) is 11.0. The van der Waals surface area contributed by atoms with Crippen molar-refractivity contribution in [3.05, 3.63) is 18.0 Å². The SMILES string of the molecule is CCC(C)N1CCCC(c2ccn(C(F)F)n2)C1. The lowest BCUT2D eigenvalue weighted by atomic mass is 9.94. The van der Waals surface area contributed by atoms with Crippen LogP contribution in [0.3, 0.4) is 0 Å². The highest BCUT2D eigenvalue weighted by atomic mass is 19.3. The number of halogens is 2. The Morgan fingerprint density at radius 3 is 2.89 bits per heavy atom. The van der Waals surface area contributed by atoms with Gasteiger partial charge in [-0.25, -0.2) is 4.68 Å². The van der Waals surface area contributed by atoms with E-state index in [4.69, 9.17) is 0 Å². The summed E-state index contributed by atoms with van der Waals surface area (Å²) in [5, 5.41) is 3.99. The summed E-state index contributed by atoms with van der Waals surface area (Å²) in [5.74, 6) is 0.299. The molecule has 1 aliphatic heterocycles. The van der Waals surface area contributed by atoms with Crippen LogP contribution in [0.2, 0.25) is 0 Å². The second-order valence-corrected chi connectivity index (χ2v) is 5.09. The van der Waals surface area contributed by atoms with Gasteiger partial charge in [0.25, 0.3) is 0 Å². The average molecular weight is 257 g/mol. The van der Waals surface area contributed by atoms with Gasteiger partial charge in [-0.15, -0.1) is 0 Å². The second-order valence-electron chi connectivity index (χ2n) is 5.09. The highest BCUT2D eigenvalue weighted by molar-refractivity contribution is 5.08. The fourth-order valence-electron chi connectivity index (χ4n) is 2.59. The van der Waals surface area contributed by atoms with Gasteiger partial charge in [0.15, 0.2) is 0 Å². The van der Waals surface area contributed by atoms with Gasteiger partial charge in [0.2, 0.25) is 0 Å². The number of hydrogen-bond acceptors (Lipinski definition) is 2. The molecule has 18 heavy (non-hydrogen) atoms. The minimum atomic E-state index is -2.53. The predicted octanol–water partition coefficient (Wildman–Crippen LogP) is 3.26. The first-order valence-electron chi connectivity index (χ1n) is 6.69. The number of piperidine rings is 1. The average Bonchev–Trinajstić information content (AvgIpc) is 2.88. The Kier molecular flexibility index (Phi) is 4.32. The van der Waals surface area contributed by atoms with Crippen LogP contribution < -0.4 is 0 Å². The second kappa shape index (κ2) is 5.78. The van der Waals surface area contributed by atoms with E-state index in [9.17, 15) is 8.78 Å². The van der Waals surface area contributed by atoms with Gasteiger partial charge in [-0.05, 0) is 38.8 Å². The molecule has 0 aliphatic carbocycles. The topological polar surface area (TPSA) is 21.1 Å². The summed E-state index contributed by atoms with van der Waals surface area (Å²) < 4.78 is 25.7. The number of alkyl halides is 2. The molecule has 2 rings (SSSR count). The third kappa shape index (κ3) is 2.88. The molecule has 1 aromatic rings. The number of hydrogen-bond donors (Lipinski definition) is 0. The molecule has 0 radical (unpaired) electrons. The summed E-state index contributed by atoms with van der Waals surface area (Å²) in [4.78, 5) is 2.44. The van der Waals surface area contributed by atoms with Gasteiger partial charge in [-0.2, -0.15) is 13.9 Å². The Morgan fingerprint density at radius 2 is 2.28 bits per heavy atom. The van der Waals surface area contributed by atoms with Gasteiger partial charge in [-0.1, -0.05) is 6.92 Å². The van der Waals surface area contributed by atoms with Crippen LogP contribution in [0.4, 0.5) is 8.78 Å². The van der Waals surface area contributed by atoms with Gasteiger partial charge < -0.3 is 4.90 Å². The maximum Gasteiger partial charge on any atom is 0.333 e. The summed E-state index contributed by atoms with van der Waals surface area (Å²) in [6, 6.07) is 2.29. The van der Waals surface area contributed by atoms with Crippen molar-refractivity contribution in [2.75, 3.05) is 13.1 Å². The van der Waals surface area contributed by atoms with Gasteiger partial charge in [0, 0.05) is 24.7 Å². The molecule has 0 aromatic carbocycles. The monoisotopic (exact) mass is 257 g/mol. The first-order chi connectivity index (χ1) is 8.61.